The molecule has 2 atom stereocenters. The Kier molecular flexibility index (Phi) is 4.03. The molecule has 0 aromatic carbocycles. The summed E-state index contributed by atoms with van der Waals surface area (Å²) in [6.45, 7) is 8.75. The van der Waals surface area contributed by atoms with Crippen molar-refractivity contribution in [1.82, 2.24) is 9.97 Å². The van der Waals surface area contributed by atoms with Crippen LogP contribution >= 0.6 is 27.5 Å². The van der Waals surface area contributed by atoms with Crippen molar-refractivity contribution in [2.75, 3.05) is 0 Å². The molecule has 0 saturated heterocycles. The van der Waals surface area contributed by atoms with E-state index in [9.17, 15) is 0 Å². The topological polar surface area (TPSA) is 25.8 Å². The van der Waals surface area contributed by atoms with Crippen molar-refractivity contribution in [1.29, 1.82) is 0 Å². The lowest BCUT2D eigenvalue weighted by atomic mass is 9.91. The van der Waals surface area contributed by atoms with Gasteiger partial charge in [-0.05, 0) is 41.1 Å². The van der Waals surface area contributed by atoms with Crippen LogP contribution in [0.4, 0.5) is 0 Å². The first-order valence-corrected chi connectivity index (χ1v) is 7.69. The van der Waals surface area contributed by atoms with Crippen LogP contribution in [0.1, 0.15) is 64.4 Å². The fourth-order valence-corrected chi connectivity index (χ4v) is 3.51. The standard InChI is InChI=1S/C14H20BrClN2/c1-8-5-6-9(7-8)13-17-11(14(2,3)4)10(15)12(16)18-13/h8-9H,5-7H2,1-4H3. The average Bonchev–Trinajstić information content (AvgIpc) is 2.67. The smallest absolute Gasteiger partial charge is 0.147 e. The first-order chi connectivity index (χ1) is 8.29. The van der Waals surface area contributed by atoms with Gasteiger partial charge in [0.1, 0.15) is 11.0 Å². The van der Waals surface area contributed by atoms with E-state index < -0.39 is 0 Å². The lowest BCUT2D eigenvalue weighted by Crippen LogP contribution is -2.17. The molecule has 0 aliphatic heterocycles. The van der Waals surface area contributed by atoms with Gasteiger partial charge in [0.05, 0.1) is 10.2 Å². The number of hydrogen-bond acceptors (Lipinski definition) is 2. The molecule has 1 heterocycles. The molecule has 1 saturated carbocycles. The highest BCUT2D eigenvalue weighted by molar-refractivity contribution is 9.10. The van der Waals surface area contributed by atoms with E-state index in [2.05, 4.69) is 48.6 Å². The van der Waals surface area contributed by atoms with Gasteiger partial charge in [0.15, 0.2) is 0 Å². The summed E-state index contributed by atoms with van der Waals surface area (Å²) in [6, 6.07) is 0. The van der Waals surface area contributed by atoms with Crippen LogP contribution in [0.2, 0.25) is 5.15 Å². The molecule has 0 radical (unpaired) electrons. The molecule has 100 valence electrons. The zero-order valence-corrected chi connectivity index (χ0v) is 13.8. The van der Waals surface area contributed by atoms with Gasteiger partial charge in [-0.15, -0.1) is 0 Å². The largest absolute Gasteiger partial charge is 0.236 e. The molecule has 4 heteroatoms. The summed E-state index contributed by atoms with van der Waals surface area (Å²) in [5, 5.41) is 0.546. The Bertz CT molecular complexity index is 454. The molecule has 2 unspecified atom stereocenters. The van der Waals surface area contributed by atoms with E-state index in [-0.39, 0.29) is 5.41 Å². The van der Waals surface area contributed by atoms with Crippen LogP contribution in [0.5, 0.6) is 0 Å². The van der Waals surface area contributed by atoms with Gasteiger partial charge in [0, 0.05) is 11.3 Å². The van der Waals surface area contributed by atoms with Crippen LogP contribution in [0.15, 0.2) is 4.47 Å². The number of halogens is 2. The molecular weight excluding hydrogens is 312 g/mol. The number of hydrogen-bond donors (Lipinski definition) is 0. The Balaban J connectivity index is 2.41. The molecule has 0 amide bonds. The van der Waals surface area contributed by atoms with Crippen molar-refractivity contribution >= 4 is 27.5 Å². The molecule has 2 rings (SSSR count). The molecule has 1 aromatic rings. The van der Waals surface area contributed by atoms with Gasteiger partial charge in [-0.25, -0.2) is 9.97 Å². The Morgan fingerprint density at radius 3 is 2.39 bits per heavy atom. The molecule has 0 N–H and O–H groups in total. The van der Waals surface area contributed by atoms with E-state index in [4.69, 9.17) is 16.6 Å². The lowest BCUT2D eigenvalue weighted by molar-refractivity contribution is 0.542. The van der Waals surface area contributed by atoms with Crippen molar-refractivity contribution < 1.29 is 0 Å². The van der Waals surface area contributed by atoms with E-state index in [1.54, 1.807) is 0 Å². The molecule has 1 fully saturated rings. The quantitative estimate of drug-likeness (QED) is 0.670. The van der Waals surface area contributed by atoms with Crippen LogP contribution in [0.25, 0.3) is 0 Å². The summed E-state index contributed by atoms with van der Waals surface area (Å²) in [6.07, 6.45) is 3.64. The molecule has 2 nitrogen and oxygen atoms in total. The van der Waals surface area contributed by atoms with Crippen molar-refractivity contribution in [2.24, 2.45) is 5.92 Å². The zero-order chi connectivity index (χ0) is 13.5. The minimum atomic E-state index is -0.0234. The minimum Gasteiger partial charge on any atom is -0.236 e. The maximum atomic E-state index is 6.24. The van der Waals surface area contributed by atoms with Crippen molar-refractivity contribution in [3.63, 3.8) is 0 Å². The van der Waals surface area contributed by atoms with E-state index >= 15 is 0 Å². The van der Waals surface area contributed by atoms with Gasteiger partial charge in [0.25, 0.3) is 0 Å². The predicted molar refractivity (Wildman–Crippen MR) is 79.2 cm³/mol. The van der Waals surface area contributed by atoms with E-state index in [1.807, 2.05) is 0 Å². The molecule has 0 bridgehead atoms. The highest BCUT2D eigenvalue weighted by Crippen LogP contribution is 2.39. The van der Waals surface area contributed by atoms with E-state index in [0.717, 1.165) is 21.9 Å². The van der Waals surface area contributed by atoms with Crippen molar-refractivity contribution in [3.05, 3.63) is 21.1 Å². The molecule has 1 aromatic heterocycles. The maximum Gasteiger partial charge on any atom is 0.147 e. The van der Waals surface area contributed by atoms with Gasteiger partial charge >= 0.3 is 0 Å². The van der Waals surface area contributed by atoms with Gasteiger partial charge in [0.2, 0.25) is 0 Å². The summed E-state index contributed by atoms with van der Waals surface area (Å²) < 4.78 is 0.839. The predicted octanol–water partition coefficient (Wildman–Crippen LogP) is 5.09. The summed E-state index contributed by atoms with van der Waals surface area (Å²) in [7, 11) is 0. The average molecular weight is 332 g/mol. The van der Waals surface area contributed by atoms with Gasteiger partial charge < -0.3 is 0 Å². The molecule has 1 aliphatic carbocycles. The normalized spacial score (nSPS) is 24.6. The monoisotopic (exact) mass is 330 g/mol. The Hall–Kier alpha value is -0.150. The van der Waals surface area contributed by atoms with E-state index in [1.165, 1.54) is 19.3 Å². The molecule has 0 spiro atoms. The van der Waals surface area contributed by atoms with Crippen molar-refractivity contribution in [3.8, 4) is 0 Å². The SMILES string of the molecule is CC1CCC(c2nc(Cl)c(Br)c(C(C)(C)C)n2)C1. The van der Waals surface area contributed by atoms with Crippen molar-refractivity contribution in [2.45, 2.75) is 58.3 Å². The molecule has 1 aliphatic rings. The minimum absolute atomic E-state index is 0.0234. The highest BCUT2D eigenvalue weighted by atomic mass is 79.9. The number of nitrogens with zero attached hydrogens (tertiary/aromatic N) is 2. The van der Waals surface area contributed by atoms with Gasteiger partial charge in [-0.2, -0.15) is 0 Å². The second-order valence-corrected chi connectivity index (χ2v) is 7.55. The first kappa shape index (κ1) is 14.3. The summed E-state index contributed by atoms with van der Waals surface area (Å²) in [5.41, 5.74) is 0.988. The maximum absolute atomic E-state index is 6.24. The lowest BCUT2D eigenvalue weighted by Gasteiger charge is -2.21. The van der Waals surface area contributed by atoms with Crippen LogP contribution in [0, 0.1) is 5.92 Å². The summed E-state index contributed by atoms with van der Waals surface area (Å²) in [5.74, 6) is 2.18. The Labute approximate surface area is 123 Å². The van der Waals surface area contributed by atoms with Crippen LogP contribution in [-0.2, 0) is 5.41 Å². The van der Waals surface area contributed by atoms with Crippen LogP contribution < -0.4 is 0 Å². The van der Waals surface area contributed by atoms with Gasteiger partial charge in [-0.1, -0.05) is 39.3 Å². The Morgan fingerprint density at radius 2 is 1.89 bits per heavy atom. The second-order valence-electron chi connectivity index (χ2n) is 6.40. The van der Waals surface area contributed by atoms with Gasteiger partial charge in [-0.3, -0.25) is 0 Å². The third-order valence-electron chi connectivity index (χ3n) is 3.60. The second kappa shape index (κ2) is 5.09. The number of aromatic nitrogens is 2. The third kappa shape index (κ3) is 2.88. The number of rotatable bonds is 1. The highest BCUT2D eigenvalue weighted by Gasteiger charge is 2.29. The third-order valence-corrected chi connectivity index (χ3v) is 4.85. The fourth-order valence-electron chi connectivity index (χ4n) is 2.56. The zero-order valence-electron chi connectivity index (χ0n) is 11.4. The fraction of sp³-hybridized carbons (Fsp3) is 0.714. The van der Waals surface area contributed by atoms with Crippen LogP contribution in [-0.4, -0.2) is 9.97 Å². The van der Waals surface area contributed by atoms with Crippen LogP contribution in [0.3, 0.4) is 0 Å². The molecule has 18 heavy (non-hydrogen) atoms. The summed E-state index contributed by atoms with van der Waals surface area (Å²) in [4.78, 5) is 9.25. The molecular formula is C14H20BrClN2. The Morgan fingerprint density at radius 1 is 1.22 bits per heavy atom. The summed E-state index contributed by atoms with van der Waals surface area (Å²) >= 11 is 9.76. The first-order valence-electron chi connectivity index (χ1n) is 6.52. The van der Waals surface area contributed by atoms with E-state index in [0.29, 0.717) is 11.1 Å².